The molecule has 1 N–H and O–H groups in total. The average molecular weight is 282 g/mol. The van der Waals surface area contributed by atoms with Crippen molar-refractivity contribution in [1.29, 1.82) is 0 Å². The summed E-state index contributed by atoms with van der Waals surface area (Å²) in [6.07, 6.45) is 8.19. The van der Waals surface area contributed by atoms with Crippen LogP contribution >= 0.6 is 0 Å². The van der Waals surface area contributed by atoms with Crippen molar-refractivity contribution in [3.63, 3.8) is 0 Å². The Morgan fingerprint density at radius 2 is 1.90 bits per heavy atom. The molecule has 20 heavy (non-hydrogen) atoms. The molecule has 1 unspecified atom stereocenters. The van der Waals surface area contributed by atoms with Gasteiger partial charge in [-0.1, -0.05) is 19.3 Å². The van der Waals surface area contributed by atoms with E-state index >= 15 is 0 Å². The number of hydrogen-bond acceptors (Lipinski definition) is 3. The summed E-state index contributed by atoms with van der Waals surface area (Å²) < 4.78 is 5.93. The van der Waals surface area contributed by atoms with Crippen LogP contribution in [0.5, 0.6) is 0 Å². The standard InChI is InChI=1S/C17H34N2O/c1-15-8-11-18-17(9-6-5-7-10-17)14-19(15)12-13-20-16(2,3)4/h15,18H,5-14H2,1-4H3. The van der Waals surface area contributed by atoms with Gasteiger partial charge < -0.3 is 10.1 Å². The third-order valence-electron chi connectivity index (χ3n) is 4.92. The first-order valence-electron chi connectivity index (χ1n) is 8.53. The molecule has 0 radical (unpaired) electrons. The van der Waals surface area contributed by atoms with Gasteiger partial charge in [0, 0.05) is 24.7 Å². The molecule has 1 saturated carbocycles. The highest BCUT2D eigenvalue weighted by molar-refractivity contribution is 4.96. The maximum atomic E-state index is 5.93. The number of rotatable bonds is 3. The summed E-state index contributed by atoms with van der Waals surface area (Å²) in [4.78, 5) is 2.66. The predicted octanol–water partition coefficient (Wildman–Crippen LogP) is 3.19. The second-order valence-electron chi connectivity index (χ2n) is 7.84. The Kier molecular flexibility index (Phi) is 5.49. The molecule has 2 rings (SSSR count). The highest BCUT2D eigenvalue weighted by atomic mass is 16.5. The maximum Gasteiger partial charge on any atom is 0.0600 e. The molecule has 1 saturated heterocycles. The molecular formula is C17H34N2O. The third kappa shape index (κ3) is 4.71. The van der Waals surface area contributed by atoms with E-state index in [4.69, 9.17) is 4.74 Å². The van der Waals surface area contributed by atoms with Crippen molar-refractivity contribution in [2.24, 2.45) is 0 Å². The van der Waals surface area contributed by atoms with Crippen LogP contribution < -0.4 is 5.32 Å². The fourth-order valence-electron chi connectivity index (χ4n) is 3.66. The van der Waals surface area contributed by atoms with Gasteiger partial charge >= 0.3 is 0 Å². The van der Waals surface area contributed by atoms with E-state index in [1.807, 2.05) is 0 Å². The SMILES string of the molecule is CC1CCNC2(CCCCC2)CN1CCOC(C)(C)C. The molecule has 3 heteroatoms. The minimum absolute atomic E-state index is 0.0180. The molecule has 2 fully saturated rings. The van der Waals surface area contributed by atoms with Crippen molar-refractivity contribution in [3.8, 4) is 0 Å². The zero-order valence-corrected chi connectivity index (χ0v) is 14.0. The molecule has 1 aliphatic carbocycles. The molecule has 0 aromatic carbocycles. The van der Waals surface area contributed by atoms with Gasteiger partial charge in [0.25, 0.3) is 0 Å². The van der Waals surface area contributed by atoms with Crippen molar-refractivity contribution in [1.82, 2.24) is 10.2 Å². The van der Waals surface area contributed by atoms with Gasteiger partial charge in [-0.15, -0.1) is 0 Å². The topological polar surface area (TPSA) is 24.5 Å². The summed E-state index contributed by atoms with van der Waals surface area (Å²) in [7, 11) is 0. The summed E-state index contributed by atoms with van der Waals surface area (Å²) in [6.45, 7) is 13.1. The fourth-order valence-corrected chi connectivity index (χ4v) is 3.66. The summed E-state index contributed by atoms with van der Waals surface area (Å²) >= 11 is 0. The minimum Gasteiger partial charge on any atom is -0.375 e. The molecule has 1 atom stereocenters. The molecule has 1 heterocycles. The lowest BCUT2D eigenvalue weighted by molar-refractivity contribution is -0.0196. The summed E-state index contributed by atoms with van der Waals surface area (Å²) in [5.74, 6) is 0. The van der Waals surface area contributed by atoms with E-state index in [9.17, 15) is 0 Å². The monoisotopic (exact) mass is 282 g/mol. The first-order chi connectivity index (χ1) is 9.40. The first kappa shape index (κ1) is 16.3. The van der Waals surface area contributed by atoms with Crippen LogP contribution in [0.2, 0.25) is 0 Å². The van der Waals surface area contributed by atoms with E-state index in [0.29, 0.717) is 11.6 Å². The van der Waals surface area contributed by atoms with Crippen LogP contribution in [0, 0.1) is 0 Å². The van der Waals surface area contributed by atoms with Crippen molar-refractivity contribution in [3.05, 3.63) is 0 Å². The van der Waals surface area contributed by atoms with E-state index in [2.05, 4.69) is 37.9 Å². The Morgan fingerprint density at radius 3 is 2.55 bits per heavy atom. The van der Waals surface area contributed by atoms with Crippen LogP contribution in [0.3, 0.4) is 0 Å². The van der Waals surface area contributed by atoms with E-state index in [1.165, 1.54) is 51.6 Å². The largest absolute Gasteiger partial charge is 0.375 e. The number of nitrogens with one attached hydrogen (secondary N) is 1. The van der Waals surface area contributed by atoms with Crippen molar-refractivity contribution < 1.29 is 4.74 Å². The van der Waals surface area contributed by atoms with Crippen LogP contribution in [-0.2, 0) is 4.74 Å². The smallest absolute Gasteiger partial charge is 0.0600 e. The normalized spacial score (nSPS) is 28.5. The molecule has 0 bridgehead atoms. The van der Waals surface area contributed by atoms with Gasteiger partial charge in [-0.25, -0.2) is 0 Å². The van der Waals surface area contributed by atoms with Gasteiger partial charge in [-0.3, -0.25) is 4.90 Å². The number of hydrogen-bond donors (Lipinski definition) is 1. The molecule has 0 aromatic heterocycles. The van der Waals surface area contributed by atoms with E-state index in [-0.39, 0.29) is 5.60 Å². The minimum atomic E-state index is -0.0180. The Labute approximate surface area is 125 Å². The summed E-state index contributed by atoms with van der Waals surface area (Å²) in [5.41, 5.74) is 0.376. The van der Waals surface area contributed by atoms with Crippen LogP contribution in [-0.4, -0.2) is 48.3 Å². The molecule has 2 aliphatic rings. The molecule has 0 aromatic rings. The van der Waals surface area contributed by atoms with E-state index in [0.717, 1.165) is 13.2 Å². The Balaban J connectivity index is 1.90. The van der Waals surface area contributed by atoms with Crippen molar-refractivity contribution in [2.45, 2.75) is 83.4 Å². The first-order valence-corrected chi connectivity index (χ1v) is 8.53. The number of nitrogens with zero attached hydrogens (tertiary/aromatic N) is 1. The zero-order chi connectivity index (χ0) is 14.6. The molecule has 0 amide bonds. The highest BCUT2D eigenvalue weighted by Gasteiger charge is 2.36. The molecule has 1 spiro atoms. The number of ether oxygens (including phenoxy) is 1. The average Bonchev–Trinajstić information content (AvgIpc) is 2.50. The Bertz CT molecular complexity index is 292. The maximum absolute atomic E-state index is 5.93. The fraction of sp³-hybridized carbons (Fsp3) is 1.00. The molecule has 118 valence electrons. The van der Waals surface area contributed by atoms with Crippen LogP contribution in [0.25, 0.3) is 0 Å². The highest BCUT2D eigenvalue weighted by Crippen LogP contribution is 2.31. The lowest BCUT2D eigenvalue weighted by Gasteiger charge is -2.41. The zero-order valence-electron chi connectivity index (χ0n) is 14.0. The molecule has 1 aliphatic heterocycles. The van der Waals surface area contributed by atoms with Gasteiger partial charge in [0.05, 0.1) is 12.2 Å². The third-order valence-corrected chi connectivity index (χ3v) is 4.92. The Morgan fingerprint density at radius 1 is 1.20 bits per heavy atom. The lowest BCUT2D eigenvalue weighted by Crippen LogP contribution is -2.53. The Hall–Kier alpha value is -0.120. The molecular weight excluding hydrogens is 248 g/mol. The van der Waals surface area contributed by atoms with Gasteiger partial charge in [0.15, 0.2) is 0 Å². The van der Waals surface area contributed by atoms with Crippen LogP contribution in [0.15, 0.2) is 0 Å². The van der Waals surface area contributed by atoms with Gasteiger partial charge in [0.2, 0.25) is 0 Å². The summed E-state index contributed by atoms with van der Waals surface area (Å²) in [6, 6.07) is 0.673. The van der Waals surface area contributed by atoms with Gasteiger partial charge in [-0.2, -0.15) is 0 Å². The van der Waals surface area contributed by atoms with Crippen molar-refractivity contribution >= 4 is 0 Å². The predicted molar refractivity (Wildman–Crippen MR) is 85.2 cm³/mol. The quantitative estimate of drug-likeness (QED) is 0.860. The van der Waals surface area contributed by atoms with Crippen LogP contribution in [0.4, 0.5) is 0 Å². The van der Waals surface area contributed by atoms with E-state index < -0.39 is 0 Å². The van der Waals surface area contributed by atoms with Crippen molar-refractivity contribution in [2.75, 3.05) is 26.2 Å². The second kappa shape index (κ2) is 6.76. The van der Waals surface area contributed by atoms with Crippen LogP contribution in [0.1, 0.15) is 66.2 Å². The summed E-state index contributed by atoms with van der Waals surface area (Å²) in [5, 5.41) is 3.88. The second-order valence-corrected chi connectivity index (χ2v) is 7.84. The van der Waals surface area contributed by atoms with Gasteiger partial charge in [0.1, 0.15) is 0 Å². The van der Waals surface area contributed by atoms with E-state index in [1.54, 1.807) is 0 Å². The van der Waals surface area contributed by atoms with Gasteiger partial charge in [-0.05, 0) is 53.5 Å². The lowest BCUT2D eigenvalue weighted by atomic mass is 9.81. The molecule has 3 nitrogen and oxygen atoms in total.